The fourth-order valence-electron chi connectivity index (χ4n) is 2.15. The smallest absolute Gasteiger partial charge is 0.338 e. The SMILES string of the molecule is CC(=O)c1cccc(C(=O)OCC(=O)N(C)c2cccc(C)c2)c1. The van der Waals surface area contributed by atoms with E-state index in [-0.39, 0.29) is 23.9 Å². The molecule has 5 heteroatoms. The Bertz CT molecular complexity index is 782. The first kappa shape index (κ1) is 17.4. The van der Waals surface area contributed by atoms with Crippen LogP contribution in [0.3, 0.4) is 0 Å². The Labute approximate surface area is 140 Å². The number of carbonyl (C=O) groups excluding carboxylic acids is 3. The van der Waals surface area contributed by atoms with Gasteiger partial charge in [0.2, 0.25) is 0 Å². The molecule has 1 amide bonds. The lowest BCUT2D eigenvalue weighted by Gasteiger charge is -2.17. The lowest BCUT2D eigenvalue weighted by molar-refractivity contribution is -0.121. The molecular weight excluding hydrogens is 306 g/mol. The number of benzene rings is 2. The number of anilines is 1. The predicted molar refractivity (Wildman–Crippen MR) is 91.3 cm³/mol. The highest BCUT2D eigenvalue weighted by Crippen LogP contribution is 2.14. The summed E-state index contributed by atoms with van der Waals surface area (Å²) in [7, 11) is 1.63. The lowest BCUT2D eigenvalue weighted by atomic mass is 10.1. The number of likely N-dealkylation sites (N-methyl/N-ethyl adjacent to an activating group) is 1. The molecule has 0 aliphatic heterocycles. The molecule has 2 aromatic rings. The Balaban J connectivity index is 1.99. The van der Waals surface area contributed by atoms with E-state index in [2.05, 4.69) is 0 Å². The number of aryl methyl sites for hydroxylation is 1. The van der Waals surface area contributed by atoms with Crippen molar-refractivity contribution in [1.82, 2.24) is 0 Å². The van der Waals surface area contributed by atoms with Crippen LogP contribution in [0.25, 0.3) is 0 Å². The highest BCUT2D eigenvalue weighted by Gasteiger charge is 2.15. The Kier molecular flexibility index (Phi) is 5.47. The van der Waals surface area contributed by atoms with Gasteiger partial charge in [0.15, 0.2) is 12.4 Å². The summed E-state index contributed by atoms with van der Waals surface area (Å²) < 4.78 is 5.06. The number of rotatable bonds is 5. The molecule has 0 fully saturated rings. The molecule has 0 radical (unpaired) electrons. The van der Waals surface area contributed by atoms with E-state index in [9.17, 15) is 14.4 Å². The van der Waals surface area contributed by atoms with E-state index in [4.69, 9.17) is 4.74 Å². The third-order valence-corrected chi connectivity index (χ3v) is 3.59. The maximum absolute atomic E-state index is 12.2. The first-order valence-electron chi connectivity index (χ1n) is 7.50. The number of hydrogen-bond acceptors (Lipinski definition) is 4. The van der Waals surface area contributed by atoms with Gasteiger partial charge in [-0.2, -0.15) is 0 Å². The maximum atomic E-state index is 12.2. The fraction of sp³-hybridized carbons (Fsp3) is 0.211. The quantitative estimate of drug-likeness (QED) is 0.626. The van der Waals surface area contributed by atoms with Crippen LogP contribution in [0, 0.1) is 6.92 Å². The summed E-state index contributed by atoms with van der Waals surface area (Å²) in [5.74, 6) is -1.11. The summed E-state index contributed by atoms with van der Waals surface area (Å²) in [6, 6.07) is 13.7. The van der Waals surface area contributed by atoms with Crippen LogP contribution in [0.15, 0.2) is 48.5 Å². The normalized spacial score (nSPS) is 10.1. The second kappa shape index (κ2) is 7.55. The zero-order valence-electron chi connectivity index (χ0n) is 13.9. The minimum Gasteiger partial charge on any atom is -0.452 e. The van der Waals surface area contributed by atoms with Gasteiger partial charge >= 0.3 is 5.97 Å². The number of ketones is 1. The van der Waals surface area contributed by atoms with Gasteiger partial charge in [0.1, 0.15) is 0 Å². The maximum Gasteiger partial charge on any atom is 0.338 e. The second-order valence-corrected chi connectivity index (χ2v) is 5.50. The summed E-state index contributed by atoms with van der Waals surface area (Å²) in [5, 5.41) is 0. The van der Waals surface area contributed by atoms with Gasteiger partial charge in [0.05, 0.1) is 5.56 Å². The van der Waals surface area contributed by atoms with E-state index in [0.29, 0.717) is 5.56 Å². The molecule has 0 heterocycles. The Morgan fingerprint density at radius 1 is 1.00 bits per heavy atom. The number of Topliss-reactive ketones (excluding diaryl/α,β-unsaturated/α-hetero) is 1. The van der Waals surface area contributed by atoms with Crippen molar-refractivity contribution in [1.29, 1.82) is 0 Å². The number of amides is 1. The van der Waals surface area contributed by atoms with Gasteiger partial charge < -0.3 is 9.64 Å². The van der Waals surface area contributed by atoms with E-state index in [1.165, 1.54) is 17.9 Å². The number of carbonyl (C=O) groups is 3. The van der Waals surface area contributed by atoms with E-state index in [1.807, 2.05) is 31.2 Å². The lowest BCUT2D eigenvalue weighted by Crippen LogP contribution is -2.31. The fourth-order valence-corrected chi connectivity index (χ4v) is 2.15. The zero-order chi connectivity index (χ0) is 17.7. The van der Waals surface area contributed by atoms with Gasteiger partial charge in [-0.3, -0.25) is 9.59 Å². The molecule has 0 atom stereocenters. The van der Waals surface area contributed by atoms with Crippen molar-refractivity contribution in [2.75, 3.05) is 18.6 Å². The highest BCUT2D eigenvalue weighted by molar-refractivity contribution is 5.99. The van der Waals surface area contributed by atoms with Gasteiger partial charge in [0.25, 0.3) is 5.91 Å². The van der Waals surface area contributed by atoms with E-state index in [0.717, 1.165) is 11.3 Å². The molecule has 0 bridgehead atoms. The van der Waals surface area contributed by atoms with E-state index in [1.54, 1.807) is 25.2 Å². The molecule has 0 saturated heterocycles. The molecule has 0 saturated carbocycles. The molecule has 0 aromatic heterocycles. The molecule has 0 aliphatic carbocycles. The third kappa shape index (κ3) is 4.29. The molecule has 0 spiro atoms. The van der Waals surface area contributed by atoms with Crippen LogP contribution < -0.4 is 4.90 Å². The molecule has 0 aliphatic rings. The van der Waals surface area contributed by atoms with Gasteiger partial charge in [0, 0.05) is 18.3 Å². The summed E-state index contributed by atoms with van der Waals surface area (Å²) >= 11 is 0. The van der Waals surface area contributed by atoms with Crippen molar-refractivity contribution in [3.8, 4) is 0 Å². The molecule has 0 unspecified atom stereocenters. The molecule has 5 nitrogen and oxygen atoms in total. The zero-order valence-corrected chi connectivity index (χ0v) is 13.9. The van der Waals surface area contributed by atoms with Gasteiger partial charge in [-0.1, -0.05) is 24.3 Å². The average Bonchev–Trinajstić information content (AvgIpc) is 2.58. The molecule has 2 aromatic carbocycles. The Hall–Kier alpha value is -2.95. The molecule has 2 rings (SSSR count). The number of esters is 1. The molecule has 24 heavy (non-hydrogen) atoms. The van der Waals surface area contributed by atoms with Crippen molar-refractivity contribution in [2.45, 2.75) is 13.8 Å². The molecule has 0 N–H and O–H groups in total. The summed E-state index contributed by atoms with van der Waals surface area (Å²) in [4.78, 5) is 37.0. The van der Waals surface area contributed by atoms with Crippen molar-refractivity contribution in [2.24, 2.45) is 0 Å². The van der Waals surface area contributed by atoms with Crippen molar-refractivity contribution in [3.05, 3.63) is 65.2 Å². The van der Waals surface area contributed by atoms with Crippen LogP contribution in [-0.4, -0.2) is 31.3 Å². The topological polar surface area (TPSA) is 63.7 Å². The largest absolute Gasteiger partial charge is 0.452 e. The van der Waals surface area contributed by atoms with Gasteiger partial charge in [-0.15, -0.1) is 0 Å². The van der Waals surface area contributed by atoms with Crippen molar-refractivity contribution < 1.29 is 19.1 Å². The van der Waals surface area contributed by atoms with Crippen LogP contribution in [-0.2, 0) is 9.53 Å². The minimum absolute atomic E-state index is 0.139. The average molecular weight is 325 g/mol. The van der Waals surface area contributed by atoms with E-state index >= 15 is 0 Å². The van der Waals surface area contributed by atoms with Crippen LogP contribution in [0.2, 0.25) is 0 Å². The standard InChI is InChI=1S/C19H19NO4/c1-13-6-4-9-17(10-13)20(3)18(22)12-24-19(23)16-8-5-7-15(11-16)14(2)21/h4-11H,12H2,1-3H3. The highest BCUT2D eigenvalue weighted by atomic mass is 16.5. The summed E-state index contributed by atoms with van der Waals surface area (Å²) in [6.45, 7) is 2.99. The molecule has 124 valence electrons. The summed E-state index contributed by atoms with van der Waals surface area (Å²) in [5.41, 5.74) is 2.43. The van der Waals surface area contributed by atoms with Gasteiger partial charge in [-0.05, 0) is 43.7 Å². The predicted octanol–water partition coefficient (Wildman–Crippen LogP) is 3.02. The van der Waals surface area contributed by atoms with Crippen LogP contribution in [0.5, 0.6) is 0 Å². The second-order valence-electron chi connectivity index (χ2n) is 5.50. The number of hydrogen-bond donors (Lipinski definition) is 0. The van der Waals surface area contributed by atoms with Crippen molar-refractivity contribution >= 4 is 23.3 Å². The Morgan fingerprint density at radius 3 is 2.33 bits per heavy atom. The van der Waals surface area contributed by atoms with Crippen molar-refractivity contribution in [3.63, 3.8) is 0 Å². The first-order valence-corrected chi connectivity index (χ1v) is 7.50. The Morgan fingerprint density at radius 2 is 1.67 bits per heavy atom. The third-order valence-electron chi connectivity index (χ3n) is 3.59. The van der Waals surface area contributed by atoms with Crippen LogP contribution in [0.1, 0.15) is 33.2 Å². The summed E-state index contributed by atoms with van der Waals surface area (Å²) in [6.07, 6.45) is 0. The first-order chi connectivity index (χ1) is 11.4. The molecular formula is C19H19NO4. The van der Waals surface area contributed by atoms with E-state index < -0.39 is 5.97 Å². The van der Waals surface area contributed by atoms with Crippen LogP contribution in [0.4, 0.5) is 5.69 Å². The number of nitrogens with zero attached hydrogens (tertiary/aromatic N) is 1. The van der Waals surface area contributed by atoms with Crippen LogP contribution >= 0.6 is 0 Å². The monoisotopic (exact) mass is 325 g/mol. The number of ether oxygens (including phenoxy) is 1. The van der Waals surface area contributed by atoms with Gasteiger partial charge in [-0.25, -0.2) is 4.79 Å². The minimum atomic E-state index is -0.635.